The minimum Gasteiger partial charge on any atom is -0.383 e. The standard InChI is InChI=1S/C18H18N6S/c1-10-16(25-18(21)22-10)15-8-13(14(9-19)17(20)23-15)11-4-6-12(7-5-11)24(2)3/h4-8H,1-3H3,(H2,20,23)(H2,21,22). The molecule has 0 aliphatic heterocycles. The molecule has 0 atom stereocenters. The van der Waals surface area contributed by atoms with Crippen LogP contribution in [0.3, 0.4) is 0 Å². The van der Waals surface area contributed by atoms with Gasteiger partial charge in [0, 0.05) is 25.3 Å². The molecule has 2 aromatic heterocycles. The van der Waals surface area contributed by atoms with Crippen molar-refractivity contribution in [3.8, 4) is 27.8 Å². The van der Waals surface area contributed by atoms with E-state index in [-0.39, 0.29) is 5.82 Å². The van der Waals surface area contributed by atoms with Crippen molar-refractivity contribution in [2.24, 2.45) is 0 Å². The molecule has 0 unspecified atom stereocenters. The fourth-order valence-electron chi connectivity index (χ4n) is 2.62. The highest BCUT2D eigenvalue weighted by atomic mass is 32.1. The summed E-state index contributed by atoms with van der Waals surface area (Å²) in [7, 11) is 3.96. The van der Waals surface area contributed by atoms with Gasteiger partial charge < -0.3 is 16.4 Å². The summed E-state index contributed by atoms with van der Waals surface area (Å²) in [6.07, 6.45) is 0. The zero-order chi connectivity index (χ0) is 18.1. The smallest absolute Gasteiger partial charge is 0.180 e. The molecule has 25 heavy (non-hydrogen) atoms. The molecule has 4 N–H and O–H groups in total. The van der Waals surface area contributed by atoms with Crippen LogP contribution in [-0.4, -0.2) is 24.1 Å². The van der Waals surface area contributed by atoms with E-state index < -0.39 is 0 Å². The largest absolute Gasteiger partial charge is 0.383 e. The van der Waals surface area contributed by atoms with Gasteiger partial charge >= 0.3 is 0 Å². The topological polar surface area (TPSA) is 105 Å². The third kappa shape index (κ3) is 3.12. The van der Waals surface area contributed by atoms with Gasteiger partial charge in [0.25, 0.3) is 0 Å². The molecule has 0 fully saturated rings. The summed E-state index contributed by atoms with van der Waals surface area (Å²) in [6.45, 7) is 1.88. The van der Waals surface area contributed by atoms with Crippen LogP contribution in [0, 0.1) is 18.3 Å². The van der Waals surface area contributed by atoms with Crippen LogP contribution >= 0.6 is 11.3 Å². The minimum absolute atomic E-state index is 0.207. The number of nitrogens with two attached hydrogens (primary N) is 2. The Morgan fingerprint density at radius 1 is 1.12 bits per heavy atom. The Morgan fingerprint density at radius 3 is 2.32 bits per heavy atom. The molecule has 1 aromatic carbocycles. The van der Waals surface area contributed by atoms with Crippen molar-refractivity contribution in [1.82, 2.24) is 9.97 Å². The molecule has 3 rings (SSSR count). The first-order chi connectivity index (χ1) is 11.9. The molecule has 0 radical (unpaired) electrons. The first-order valence-corrected chi connectivity index (χ1v) is 8.44. The number of anilines is 3. The highest BCUT2D eigenvalue weighted by Crippen LogP contribution is 2.36. The van der Waals surface area contributed by atoms with Crippen LogP contribution in [0.5, 0.6) is 0 Å². The predicted molar refractivity (Wildman–Crippen MR) is 103 cm³/mol. The number of hydrogen-bond donors (Lipinski definition) is 2. The van der Waals surface area contributed by atoms with Gasteiger partial charge in [0.05, 0.1) is 16.3 Å². The maximum absolute atomic E-state index is 9.52. The van der Waals surface area contributed by atoms with Gasteiger partial charge in [-0.2, -0.15) is 5.26 Å². The van der Waals surface area contributed by atoms with Crippen molar-refractivity contribution in [2.45, 2.75) is 6.92 Å². The molecule has 0 saturated heterocycles. The van der Waals surface area contributed by atoms with Crippen LogP contribution in [0.25, 0.3) is 21.7 Å². The normalized spacial score (nSPS) is 10.5. The summed E-state index contributed by atoms with van der Waals surface area (Å²) in [5, 5.41) is 10.00. The van der Waals surface area contributed by atoms with E-state index in [4.69, 9.17) is 11.5 Å². The summed E-state index contributed by atoms with van der Waals surface area (Å²) in [6, 6.07) is 12.0. The van der Waals surface area contributed by atoms with Crippen LogP contribution in [0.1, 0.15) is 11.3 Å². The second-order valence-electron chi connectivity index (χ2n) is 5.84. The number of rotatable bonds is 3. The Morgan fingerprint density at radius 2 is 1.80 bits per heavy atom. The number of hydrogen-bond acceptors (Lipinski definition) is 7. The number of aromatic nitrogens is 2. The highest BCUT2D eigenvalue weighted by molar-refractivity contribution is 7.18. The average molecular weight is 350 g/mol. The van der Waals surface area contributed by atoms with Crippen molar-refractivity contribution in [1.29, 1.82) is 5.26 Å². The molecule has 126 valence electrons. The maximum Gasteiger partial charge on any atom is 0.180 e. The summed E-state index contributed by atoms with van der Waals surface area (Å²) < 4.78 is 0. The van der Waals surface area contributed by atoms with Crippen LogP contribution in [0.15, 0.2) is 30.3 Å². The quantitative estimate of drug-likeness (QED) is 0.751. The summed E-state index contributed by atoms with van der Waals surface area (Å²) in [4.78, 5) is 11.5. The first kappa shape index (κ1) is 16.7. The fraction of sp³-hybridized carbons (Fsp3) is 0.167. The molecule has 0 amide bonds. The zero-order valence-electron chi connectivity index (χ0n) is 14.2. The number of nitriles is 1. The van der Waals surface area contributed by atoms with E-state index in [0.29, 0.717) is 16.4 Å². The van der Waals surface area contributed by atoms with Crippen LogP contribution in [0.2, 0.25) is 0 Å². The van der Waals surface area contributed by atoms with Crippen LogP contribution in [-0.2, 0) is 0 Å². The number of benzene rings is 1. The first-order valence-electron chi connectivity index (χ1n) is 7.62. The van der Waals surface area contributed by atoms with Gasteiger partial charge in [-0.1, -0.05) is 23.5 Å². The monoisotopic (exact) mass is 350 g/mol. The third-order valence-electron chi connectivity index (χ3n) is 3.90. The van der Waals surface area contributed by atoms with Gasteiger partial charge in [0.15, 0.2) is 5.13 Å². The van der Waals surface area contributed by atoms with E-state index in [1.807, 2.05) is 56.3 Å². The van der Waals surface area contributed by atoms with Crippen molar-refractivity contribution in [2.75, 3.05) is 30.5 Å². The number of pyridine rings is 1. The van der Waals surface area contributed by atoms with E-state index >= 15 is 0 Å². The lowest BCUT2D eigenvalue weighted by atomic mass is 9.99. The van der Waals surface area contributed by atoms with Gasteiger partial charge in [-0.25, -0.2) is 9.97 Å². The highest BCUT2D eigenvalue weighted by Gasteiger charge is 2.16. The van der Waals surface area contributed by atoms with Crippen molar-refractivity contribution >= 4 is 28.0 Å². The summed E-state index contributed by atoms with van der Waals surface area (Å²) in [5.41, 5.74) is 16.4. The van der Waals surface area contributed by atoms with E-state index in [9.17, 15) is 5.26 Å². The SMILES string of the molecule is Cc1nc(N)sc1-c1cc(-c2ccc(N(C)C)cc2)c(C#N)c(N)n1. The lowest BCUT2D eigenvalue weighted by Crippen LogP contribution is -2.08. The van der Waals surface area contributed by atoms with Gasteiger partial charge in [0.2, 0.25) is 0 Å². The van der Waals surface area contributed by atoms with Gasteiger partial charge in [0.1, 0.15) is 17.5 Å². The molecular weight excluding hydrogens is 332 g/mol. The van der Waals surface area contributed by atoms with Crippen LogP contribution < -0.4 is 16.4 Å². The predicted octanol–water partition coefficient (Wildman–Crippen LogP) is 3.28. The third-order valence-corrected chi connectivity index (χ3v) is 4.91. The molecule has 0 bridgehead atoms. The van der Waals surface area contributed by atoms with E-state index in [0.717, 1.165) is 27.4 Å². The van der Waals surface area contributed by atoms with Crippen molar-refractivity contribution in [3.63, 3.8) is 0 Å². The lowest BCUT2D eigenvalue weighted by molar-refractivity contribution is 1.13. The lowest BCUT2D eigenvalue weighted by Gasteiger charge is -2.14. The number of nitrogen functional groups attached to an aromatic ring is 2. The number of thiazole rings is 1. The van der Waals surface area contributed by atoms with Crippen molar-refractivity contribution in [3.05, 3.63) is 41.6 Å². The second-order valence-corrected chi connectivity index (χ2v) is 6.87. The Kier molecular flexibility index (Phi) is 4.30. The minimum atomic E-state index is 0.207. The average Bonchev–Trinajstić information content (AvgIpc) is 2.92. The fourth-order valence-corrected chi connectivity index (χ4v) is 3.41. The van der Waals surface area contributed by atoms with Gasteiger partial charge in [-0.15, -0.1) is 0 Å². The molecule has 2 heterocycles. The van der Waals surface area contributed by atoms with E-state index in [2.05, 4.69) is 16.0 Å². The van der Waals surface area contributed by atoms with Gasteiger partial charge in [-0.05, 0) is 30.7 Å². The molecule has 3 aromatic rings. The second kappa shape index (κ2) is 6.42. The van der Waals surface area contributed by atoms with E-state index in [1.165, 1.54) is 11.3 Å². The Labute approximate surface area is 150 Å². The Hall–Kier alpha value is -3.11. The maximum atomic E-state index is 9.52. The van der Waals surface area contributed by atoms with E-state index in [1.54, 1.807) is 0 Å². The Bertz CT molecular complexity index is 966. The molecule has 0 aliphatic carbocycles. The molecular formula is C18H18N6S. The summed E-state index contributed by atoms with van der Waals surface area (Å²) >= 11 is 1.36. The molecule has 0 saturated carbocycles. The Balaban J connectivity index is 2.18. The zero-order valence-corrected chi connectivity index (χ0v) is 15.1. The molecule has 0 spiro atoms. The number of nitrogens with zero attached hydrogens (tertiary/aromatic N) is 4. The molecule has 0 aliphatic rings. The van der Waals surface area contributed by atoms with Crippen LogP contribution in [0.4, 0.5) is 16.6 Å². The molecule has 6 nitrogen and oxygen atoms in total. The molecule has 7 heteroatoms. The summed E-state index contributed by atoms with van der Waals surface area (Å²) in [5.74, 6) is 0.207. The van der Waals surface area contributed by atoms with Crippen molar-refractivity contribution < 1.29 is 0 Å². The van der Waals surface area contributed by atoms with Gasteiger partial charge in [-0.3, -0.25) is 0 Å². The number of aryl methyl sites for hydroxylation is 1.